The van der Waals surface area contributed by atoms with Crippen LogP contribution in [0.5, 0.6) is 0 Å². The van der Waals surface area contributed by atoms with Crippen molar-refractivity contribution in [3.63, 3.8) is 0 Å². The molecule has 0 amide bonds. The highest BCUT2D eigenvalue weighted by molar-refractivity contribution is 9.10. The Labute approximate surface area is 96.9 Å². The molecule has 1 atom stereocenters. The first-order chi connectivity index (χ1) is 6.65. The van der Waals surface area contributed by atoms with Gasteiger partial charge in [0.25, 0.3) is 0 Å². The second kappa shape index (κ2) is 5.32. The Morgan fingerprint density at radius 3 is 2.50 bits per heavy atom. The first-order valence-corrected chi connectivity index (χ1v) is 5.38. The van der Waals surface area contributed by atoms with E-state index in [2.05, 4.69) is 22.5 Å². The Hall–Kier alpha value is -0.600. The van der Waals surface area contributed by atoms with Crippen LogP contribution >= 0.6 is 27.5 Å². The maximum atomic E-state index is 11.1. The third-order valence-electron chi connectivity index (χ3n) is 1.95. The summed E-state index contributed by atoms with van der Waals surface area (Å²) in [6.45, 7) is 3.61. The van der Waals surface area contributed by atoms with Gasteiger partial charge in [0.15, 0.2) is 0 Å². The molecule has 0 spiro atoms. The number of benzene rings is 1. The Kier molecular flexibility index (Phi) is 4.36. The number of halogens is 2. The molecular weight excluding hydrogens is 263 g/mol. The van der Waals surface area contributed by atoms with Crippen molar-refractivity contribution in [3.05, 3.63) is 47.0 Å². The van der Waals surface area contributed by atoms with Crippen LogP contribution in [-0.4, -0.2) is 5.24 Å². The van der Waals surface area contributed by atoms with Crippen LogP contribution in [-0.2, 0) is 4.79 Å². The van der Waals surface area contributed by atoms with E-state index in [9.17, 15) is 4.79 Å². The highest BCUT2D eigenvalue weighted by Crippen LogP contribution is 2.24. The van der Waals surface area contributed by atoms with E-state index in [1.165, 1.54) is 0 Å². The van der Waals surface area contributed by atoms with Crippen molar-refractivity contribution in [2.75, 3.05) is 0 Å². The van der Waals surface area contributed by atoms with Crippen LogP contribution in [0.4, 0.5) is 0 Å². The lowest BCUT2D eigenvalue weighted by Gasteiger charge is -2.10. The molecule has 0 saturated heterocycles. The molecule has 1 nitrogen and oxygen atoms in total. The topological polar surface area (TPSA) is 17.1 Å². The minimum absolute atomic E-state index is 0.276. The minimum atomic E-state index is -0.341. The molecule has 0 aliphatic rings. The third kappa shape index (κ3) is 2.96. The molecule has 0 fully saturated rings. The summed E-state index contributed by atoms with van der Waals surface area (Å²) in [7, 11) is 0. The average Bonchev–Trinajstić information content (AvgIpc) is 2.15. The first-order valence-electron chi connectivity index (χ1n) is 4.21. The Bertz CT molecular complexity index is 332. The monoisotopic (exact) mass is 272 g/mol. The molecule has 14 heavy (non-hydrogen) atoms. The van der Waals surface area contributed by atoms with Gasteiger partial charge in [0.1, 0.15) is 0 Å². The fourth-order valence-electron chi connectivity index (χ4n) is 1.22. The fourth-order valence-corrected chi connectivity index (χ4v) is 1.70. The lowest BCUT2D eigenvalue weighted by molar-refractivity contribution is -0.112. The van der Waals surface area contributed by atoms with Crippen LogP contribution < -0.4 is 0 Å². The number of carbonyl (C=O) groups excluding carboxylic acids is 1. The molecule has 0 aliphatic heterocycles. The zero-order valence-electron chi connectivity index (χ0n) is 7.54. The molecule has 1 aromatic carbocycles. The van der Waals surface area contributed by atoms with Gasteiger partial charge in [0.05, 0.1) is 5.92 Å². The van der Waals surface area contributed by atoms with Gasteiger partial charge in [-0.2, -0.15) is 0 Å². The Balaban J connectivity index is 2.93. The molecule has 0 bridgehead atoms. The van der Waals surface area contributed by atoms with Crippen molar-refractivity contribution in [2.24, 2.45) is 0 Å². The van der Waals surface area contributed by atoms with Gasteiger partial charge >= 0.3 is 0 Å². The van der Waals surface area contributed by atoms with E-state index in [0.29, 0.717) is 6.42 Å². The van der Waals surface area contributed by atoms with Crippen molar-refractivity contribution in [2.45, 2.75) is 12.3 Å². The van der Waals surface area contributed by atoms with Gasteiger partial charge in [-0.25, -0.2) is 0 Å². The third-order valence-corrected chi connectivity index (χ3v) is 2.74. The van der Waals surface area contributed by atoms with E-state index >= 15 is 0 Å². The molecule has 74 valence electrons. The molecule has 0 aliphatic carbocycles. The Morgan fingerprint density at radius 1 is 1.50 bits per heavy atom. The molecule has 0 aromatic heterocycles. The van der Waals surface area contributed by atoms with Crippen LogP contribution in [0.1, 0.15) is 17.9 Å². The summed E-state index contributed by atoms with van der Waals surface area (Å²) in [6.07, 6.45) is 2.27. The van der Waals surface area contributed by atoms with Gasteiger partial charge in [-0.3, -0.25) is 4.79 Å². The van der Waals surface area contributed by atoms with E-state index < -0.39 is 0 Å². The highest BCUT2D eigenvalue weighted by Gasteiger charge is 2.16. The minimum Gasteiger partial charge on any atom is -0.281 e. The van der Waals surface area contributed by atoms with Gasteiger partial charge in [-0.1, -0.05) is 34.1 Å². The maximum Gasteiger partial charge on any atom is 0.229 e. The summed E-state index contributed by atoms with van der Waals surface area (Å²) >= 11 is 8.83. The fraction of sp³-hybridized carbons (Fsp3) is 0.182. The van der Waals surface area contributed by atoms with Gasteiger partial charge in [-0.15, -0.1) is 6.58 Å². The maximum absolute atomic E-state index is 11.1. The summed E-state index contributed by atoms with van der Waals surface area (Å²) in [4.78, 5) is 11.1. The summed E-state index contributed by atoms with van der Waals surface area (Å²) in [5, 5.41) is -0.341. The Morgan fingerprint density at radius 2 is 2.07 bits per heavy atom. The molecule has 3 heteroatoms. The molecule has 0 N–H and O–H groups in total. The van der Waals surface area contributed by atoms with Crippen LogP contribution in [0.15, 0.2) is 41.4 Å². The van der Waals surface area contributed by atoms with Gasteiger partial charge in [0, 0.05) is 4.47 Å². The van der Waals surface area contributed by atoms with Crippen LogP contribution in [0.3, 0.4) is 0 Å². The van der Waals surface area contributed by atoms with E-state index in [1.807, 2.05) is 24.3 Å². The normalized spacial score (nSPS) is 12.1. The molecular formula is C11H10BrClO. The lowest BCUT2D eigenvalue weighted by atomic mass is 9.97. The number of allylic oxidation sites excluding steroid dienone is 1. The number of carbonyl (C=O) groups is 1. The van der Waals surface area contributed by atoms with Gasteiger partial charge < -0.3 is 0 Å². The SMILES string of the molecule is C=CCC(C(=O)Cl)c1ccc(Br)cc1. The second-order valence-electron chi connectivity index (χ2n) is 2.93. The van der Waals surface area contributed by atoms with Crippen molar-refractivity contribution < 1.29 is 4.79 Å². The average molecular weight is 274 g/mol. The standard InChI is InChI=1S/C11H10BrClO/c1-2-3-10(11(13)14)8-4-6-9(12)7-5-8/h2,4-7,10H,1,3H2. The molecule has 0 radical (unpaired) electrons. The predicted molar refractivity (Wildman–Crippen MR) is 62.6 cm³/mol. The van der Waals surface area contributed by atoms with Gasteiger partial charge in [-0.05, 0) is 35.7 Å². The van der Waals surface area contributed by atoms with E-state index in [1.54, 1.807) is 6.08 Å². The number of hydrogen-bond donors (Lipinski definition) is 0. The van der Waals surface area contributed by atoms with Crippen LogP contribution in [0.2, 0.25) is 0 Å². The van der Waals surface area contributed by atoms with Crippen LogP contribution in [0, 0.1) is 0 Å². The van der Waals surface area contributed by atoms with E-state index in [-0.39, 0.29) is 11.2 Å². The first kappa shape index (κ1) is 11.5. The predicted octanol–water partition coefficient (Wildman–Crippen LogP) is 3.87. The quantitative estimate of drug-likeness (QED) is 0.601. The smallest absolute Gasteiger partial charge is 0.229 e. The summed E-state index contributed by atoms with van der Waals surface area (Å²) in [6, 6.07) is 7.56. The molecule has 0 saturated carbocycles. The second-order valence-corrected chi connectivity index (χ2v) is 4.22. The molecule has 1 aromatic rings. The largest absolute Gasteiger partial charge is 0.281 e. The zero-order chi connectivity index (χ0) is 10.6. The zero-order valence-corrected chi connectivity index (χ0v) is 9.88. The number of rotatable bonds is 4. The van der Waals surface area contributed by atoms with E-state index in [4.69, 9.17) is 11.6 Å². The summed E-state index contributed by atoms with van der Waals surface area (Å²) in [5.74, 6) is -0.276. The van der Waals surface area contributed by atoms with Gasteiger partial charge in [0.2, 0.25) is 5.24 Å². The van der Waals surface area contributed by atoms with Crippen molar-refractivity contribution >= 4 is 32.8 Å². The lowest BCUT2D eigenvalue weighted by Crippen LogP contribution is -2.05. The van der Waals surface area contributed by atoms with E-state index in [0.717, 1.165) is 10.0 Å². The summed E-state index contributed by atoms with van der Waals surface area (Å²) in [5.41, 5.74) is 0.924. The molecule has 1 rings (SSSR count). The number of hydrogen-bond acceptors (Lipinski definition) is 1. The molecule has 1 unspecified atom stereocenters. The summed E-state index contributed by atoms with van der Waals surface area (Å²) < 4.78 is 0.987. The van der Waals surface area contributed by atoms with Crippen LogP contribution in [0.25, 0.3) is 0 Å². The van der Waals surface area contributed by atoms with Crippen molar-refractivity contribution in [3.8, 4) is 0 Å². The van der Waals surface area contributed by atoms with Crippen molar-refractivity contribution in [1.29, 1.82) is 0 Å². The molecule has 0 heterocycles. The highest BCUT2D eigenvalue weighted by atomic mass is 79.9. The van der Waals surface area contributed by atoms with Crippen molar-refractivity contribution in [1.82, 2.24) is 0 Å².